The van der Waals surface area contributed by atoms with Crippen molar-refractivity contribution < 1.29 is 19.1 Å². The number of carbonyl (C=O) groups is 2. The Balaban J connectivity index is 1.55. The van der Waals surface area contributed by atoms with E-state index in [1.807, 2.05) is 43.3 Å². The summed E-state index contributed by atoms with van der Waals surface area (Å²) in [6.45, 7) is 2.40. The zero-order valence-corrected chi connectivity index (χ0v) is 14.7. The molecule has 0 aromatic heterocycles. The van der Waals surface area contributed by atoms with Crippen molar-refractivity contribution in [3.8, 4) is 0 Å². The first-order valence-corrected chi connectivity index (χ1v) is 8.59. The van der Waals surface area contributed by atoms with E-state index in [2.05, 4.69) is 5.32 Å². The summed E-state index contributed by atoms with van der Waals surface area (Å²) in [5, 5.41) is 2.91. The molecule has 2 amide bonds. The van der Waals surface area contributed by atoms with Crippen LogP contribution in [-0.4, -0.2) is 63.4 Å². The second kappa shape index (κ2) is 7.74. The van der Waals surface area contributed by atoms with Gasteiger partial charge in [0, 0.05) is 45.4 Å². The van der Waals surface area contributed by atoms with Gasteiger partial charge in [-0.25, -0.2) is 4.79 Å². The van der Waals surface area contributed by atoms with Crippen molar-refractivity contribution in [1.82, 2.24) is 10.2 Å². The van der Waals surface area contributed by atoms with Crippen LogP contribution in [0.5, 0.6) is 0 Å². The third kappa shape index (κ3) is 4.22. The Morgan fingerprint density at radius 1 is 1.28 bits per heavy atom. The molecule has 1 N–H and O–H groups in total. The number of hydrogen-bond donors (Lipinski definition) is 1. The zero-order valence-electron chi connectivity index (χ0n) is 14.7. The number of nitrogens with one attached hydrogen (secondary N) is 1. The number of hydrogen-bond acceptors (Lipinski definition) is 5. The van der Waals surface area contributed by atoms with Crippen molar-refractivity contribution in [2.45, 2.75) is 19.0 Å². The molecule has 136 valence electrons. The second-order valence-electron chi connectivity index (χ2n) is 6.75. The highest BCUT2D eigenvalue weighted by molar-refractivity contribution is 5.87. The molecule has 7 heteroatoms. The predicted molar refractivity (Wildman–Crippen MR) is 93.4 cm³/mol. The summed E-state index contributed by atoms with van der Waals surface area (Å²) in [7, 11) is 3.97. The van der Waals surface area contributed by atoms with Gasteiger partial charge in [0.1, 0.15) is 12.6 Å². The van der Waals surface area contributed by atoms with Crippen LogP contribution in [0.25, 0.3) is 0 Å². The molecule has 1 aromatic rings. The average Bonchev–Trinajstić information content (AvgIpc) is 3.24. The zero-order chi connectivity index (χ0) is 17.8. The molecule has 2 saturated heterocycles. The molecule has 2 aliphatic heterocycles. The summed E-state index contributed by atoms with van der Waals surface area (Å²) in [5.74, 6) is 0.0981. The summed E-state index contributed by atoms with van der Waals surface area (Å²) in [6.07, 6.45) is 0.499. The molecule has 0 radical (unpaired) electrons. The fraction of sp³-hybridized carbons (Fsp3) is 0.556. The van der Waals surface area contributed by atoms with Crippen LogP contribution >= 0.6 is 0 Å². The summed E-state index contributed by atoms with van der Waals surface area (Å²) >= 11 is 0. The maximum absolute atomic E-state index is 12.5. The number of anilines is 1. The van der Waals surface area contributed by atoms with Gasteiger partial charge >= 0.3 is 6.09 Å². The molecule has 2 heterocycles. The molecule has 3 rings (SSSR count). The molecule has 25 heavy (non-hydrogen) atoms. The minimum absolute atomic E-state index is 0.109. The first kappa shape index (κ1) is 17.5. The molecular formula is C18H25N3O4. The second-order valence-corrected chi connectivity index (χ2v) is 6.75. The summed E-state index contributed by atoms with van der Waals surface area (Å²) < 4.78 is 10.4. The van der Waals surface area contributed by atoms with Gasteiger partial charge in [-0.15, -0.1) is 0 Å². The molecule has 0 spiro atoms. The SMILES string of the molecule is CN(C)c1ccc(CNC(=O)[C@@H]2COC(=O)N2CC2CCOC2)cc1. The monoisotopic (exact) mass is 347 g/mol. The van der Waals surface area contributed by atoms with Gasteiger partial charge in [0.15, 0.2) is 0 Å². The first-order valence-electron chi connectivity index (χ1n) is 8.59. The normalized spacial score (nSPS) is 22.8. The lowest BCUT2D eigenvalue weighted by Crippen LogP contribution is -2.47. The molecule has 0 bridgehead atoms. The number of nitrogens with zero attached hydrogens (tertiary/aromatic N) is 2. The molecule has 2 fully saturated rings. The van der Waals surface area contributed by atoms with Gasteiger partial charge in [-0.3, -0.25) is 9.69 Å². The summed E-state index contributed by atoms with van der Waals surface area (Å²) in [5.41, 5.74) is 2.12. The number of amides is 2. The van der Waals surface area contributed by atoms with E-state index in [-0.39, 0.29) is 18.4 Å². The van der Waals surface area contributed by atoms with Gasteiger partial charge in [0.05, 0.1) is 6.61 Å². The Bertz CT molecular complexity index is 611. The van der Waals surface area contributed by atoms with E-state index >= 15 is 0 Å². The number of benzene rings is 1. The number of ether oxygens (including phenoxy) is 2. The molecule has 7 nitrogen and oxygen atoms in total. The van der Waals surface area contributed by atoms with Crippen LogP contribution in [0.1, 0.15) is 12.0 Å². The topological polar surface area (TPSA) is 71.1 Å². The summed E-state index contributed by atoms with van der Waals surface area (Å²) in [6, 6.07) is 7.43. The number of cyclic esters (lactones) is 1. The van der Waals surface area contributed by atoms with Crippen LogP contribution in [-0.2, 0) is 20.8 Å². The fourth-order valence-corrected chi connectivity index (χ4v) is 3.09. The van der Waals surface area contributed by atoms with Crippen LogP contribution in [0.2, 0.25) is 0 Å². The Hall–Kier alpha value is -2.28. The van der Waals surface area contributed by atoms with Crippen molar-refractivity contribution in [3.63, 3.8) is 0 Å². The Kier molecular flexibility index (Phi) is 5.43. The van der Waals surface area contributed by atoms with Gasteiger partial charge in [-0.05, 0) is 24.1 Å². The van der Waals surface area contributed by atoms with Gasteiger partial charge in [0.25, 0.3) is 0 Å². The van der Waals surface area contributed by atoms with E-state index in [0.29, 0.717) is 26.3 Å². The van der Waals surface area contributed by atoms with Gasteiger partial charge in [-0.2, -0.15) is 0 Å². The van der Waals surface area contributed by atoms with Crippen molar-refractivity contribution in [3.05, 3.63) is 29.8 Å². The largest absolute Gasteiger partial charge is 0.447 e. The van der Waals surface area contributed by atoms with Crippen molar-refractivity contribution in [1.29, 1.82) is 0 Å². The maximum Gasteiger partial charge on any atom is 0.410 e. The molecule has 2 atom stereocenters. The van der Waals surface area contributed by atoms with Crippen molar-refractivity contribution >= 4 is 17.7 Å². The van der Waals surface area contributed by atoms with E-state index < -0.39 is 12.1 Å². The molecule has 1 aromatic carbocycles. The fourth-order valence-electron chi connectivity index (χ4n) is 3.09. The lowest BCUT2D eigenvalue weighted by atomic mass is 10.1. The minimum atomic E-state index is -0.561. The number of carbonyl (C=O) groups excluding carboxylic acids is 2. The molecule has 0 aliphatic carbocycles. The van der Waals surface area contributed by atoms with Crippen LogP contribution in [0.4, 0.5) is 10.5 Å². The third-order valence-corrected chi connectivity index (χ3v) is 4.68. The third-order valence-electron chi connectivity index (χ3n) is 4.68. The smallest absolute Gasteiger partial charge is 0.410 e. The molecule has 1 unspecified atom stereocenters. The molecule has 0 saturated carbocycles. The highest BCUT2D eigenvalue weighted by atomic mass is 16.6. The Morgan fingerprint density at radius 3 is 2.68 bits per heavy atom. The van der Waals surface area contributed by atoms with Crippen LogP contribution in [0.3, 0.4) is 0 Å². The number of rotatable bonds is 6. The van der Waals surface area contributed by atoms with Gasteiger partial charge in [0.2, 0.25) is 5.91 Å². The van der Waals surface area contributed by atoms with E-state index in [1.165, 1.54) is 4.90 Å². The minimum Gasteiger partial charge on any atom is -0.447 e. The maximum atomic E-state index is 12.5. The lowest BCUT2D eigenvalue weighted by molar-refractivity contribution is -0.125. The first-order chi connectivity index (χ1) is 12.0. The highest BCUT2D eigenvalue weighted by Crippen LogP contribution is 2.20. The van der Waals surface area contributed by atoms with Crippen LogP contribution < -0.4 is 10.2 Å². The van der Waals surface area contributed by atoms with Gasteiger partial charge in [-0.1, -0.05) is 12.1 Å². The molecule has 2 aliphatic rings. The van der Waals surface area contributed by atoms with Gasteiger partial charge < -0.3 is 19.7 Å². The van der Waals surface area contributed by atoms with E-state index in [0.717, 1.165) is 17.7 Å². The van der Waals surface area contributed by atoms with E-state index in [1.54, 1.807) is 0 Å². The average molecular weight is 347 g/mol. The quantitative estimate of drug-likeness (QED) is 0.838. The standard InChI is InChI=1S/C18H25N3O4/c1-20(2)15-5-3-13(4-6-15)9-19-17(22)16-12-25-18(23)21(16)10-14-7-8-24-11-14/h3-6,14,16H,7-12H2,1-2H3,(H,19,22)/t14?,16-/m0/s1. The predicted octanol–water partition coefficient (Wildman–Crippen LogP) is 1.23. The lowest BCUT2D eigenvalue weighted by Gasteiger charge is -2.23. The molecular weight excluding hydrogens is 322 g/mol. The van der Waals surface area contributed by atoms with Crippen LogP contribution in [0.15, 0.2) is 24.3 Å². The Labute approximate surface area is 147 Å². The van der Waals surface area contributed by atoms with Crippen molar-refractivity contribution in [2.75, 3.05) is 45.4 Å². The Morgan fingerprint density at radius 2 is 2.04 bits per heavy atom. The van der Waals surface area contributed by atoms with E-state index in [4.69, 9.17) is 9.47 Å². The summed E-state index contributed by atoms with van der Waals surface area (Å²) in [4.78, 5) is 28.0. The van der Waals surface area contributed by atoms with E-state index in [9.17, 15) is 9.59 Å². The van der Waals surface area contributed by atoms with Crippen LogP contribution in [0, 0.1) is 5.92 Å². The van der Waals surface area contributed by atoms with Crippen molar-refractivity contribution in [2.24, 2.45) is 5.92 Å². The highest BCUT2D eigenvalue weighted by Gasteiger charge is 2.39.